The molecule has 0 aliphatic rings. The molecule has 0 unspecified atom stereocenters. The number of carbonyl (C=O) groups excluding carboxylic acids is 1. The minimum absolute atomic E-state index is 0. The second-order valence-electron chi connectivity index (χ2n) is 1.67. The third-order valence-corrected chi connectivity index (χ3v) is 0.636. The minimum atomic E-state index is -4.77. The molecule has 77 valence electrons. The summed E-state index contributed by atoms with van der Waals surface area (Å²) in [5.74, 6) is -2.39. The molecule has 0 amide bonds. The maximum Gasteiger partial charge on any atom is 0.509 e. The first kappa shape index (κ1) is 23.2. The Kier molecular flexibility index (Phi) is 15.5. The average Bonchev–Trinajstić information content (AvgIpc) is 1.60. The molecular formula is C7H12F3O2Y-. The second kappa shape index (κ2) is 8.69. The van der Waals surface area contributed by atoms with Gasteiger partial charge in [0.15, 0.2) is 0 Å². The van der Waals surface area contributed by atoms with Gasteiger partial charge in [-0.3, -0.25) is 4.79 Å². The van der Waals surface area contributed by atoms with Gasteiger partial charge in [0, 0.05) is 32.7 Å². The zero-order valence-corrected chi connectivity index (χ0v) is 10.5. The molecule has 0 spiro atoms. The van der Waals surface area contributed by atoms with E-state index in [0.29, 0.717) is 0 Å². The van der Waals surface area contributed by atoms with Crippen LogP contribution in [0.25, 0.3) is 0 Å². The summed E-state index contributed by atoms with van der Waals surface area (Å²) in [4.78, 5) is 8.11. The van der Waals surface area contributed by atoms with Crippen molar-refractivity contribution in [2.45, 2.75) is 13.1 Å². The van der Waals surface area contributed by atoms with Crippen LogP contribution >= 0.6 is 0 Å². The van der Waals surface area contributed by atoms with E-state index in [1.807, 2.05) is 0 Å². The van der Waals surface area contributed by atoms with Crippen LogP contribution in [0.1, 0.15) is 6.92 Å². The smallest absolute Gasteiger partial charge is 0.509 e. The van der Waals surface area contributed by atoms with Gasteiger partial charge < -0.3 is 20.0 Å². The van der Waals surface area contributed by atoms with Crippen LogP contribution in [0.15, 0.2) is 11.8 Å². The molecule has 0 bridgehead atoms. The Balaban J connectivity index is -0.000000135. The van der Waals surface area contributed by atoms with Crippen LogP contribution in [-0.2, 0) is 32.7 Å². The standard InChI is InChI=1S/C5H5F3O2.2CH3.Y/c1-3(9)2-4(10)5(6,7)8;;;/h2,9H,1H3;2*1H3;/q;2*-1;/p+1/b3-2-;;;. The van der Waals surface area contributed by atoms with E-state index in [4.69, 9.17) is 9.90 Å². The number of aliphatic hydroxyl groups excluding tert-OH is 1. The van der Waals surface area contributed by atoms with Gasteiger partial charge in [0.05, 0.1) is 11.8 Å². The van der Waals surface area contributed by atoms with E-state index in [9.17, 15) is 13.2 Å². The van der Waals surface area contributed by atoms with Crippen LogP contribution in [0.4, 0.5) is 13.2 Å². The summed E-state index contributed by atoms with van der Waals surface area (Å²) < 4.78 is 34.1. The normalized spacial score (nSPS) is 10.3. The van der Waals surface area contributed by atoms with Crippen LogP contribution in [0, 0.1) is 14.9 Å². The summed E-state index contributed by atoms with van der Waals surface area (Å²) in [5.41, 5.74) is 0. The second-order valence-corrected chi connectivity index (χ2v) is 1.67. The largest absolute Gasteiger partial charge is 0.512 e. The van der Waals surface area contributed by atoms with Crippen molar-refractivity contribution in [1.82, 2.24) is 0 Å². The topological polar surface area (TPSA) is 41.6 Å². The van der Waals surface area contributed by atoms with Crippen LogP contribution in [0.3, 0.4) is 0 Å². The zero-order valence-electron chi connectivity index (χ0n) is 7.68. The molecule has 0 saturated carbocycles. The van der Waals surface area contributed by atoms with E-state index in [0.717, 1.165) is 6.92 Å². The third kappa shape index (κ3) is 12.1. The van der Waals surface area contributed by atoms with Gasteiger partial charge in [-0.2, -0.15) is 13.2 Å². The Labute approximate surface area is 101 Å². The fourth-order valence-corrected chi connectivity index (χ4v) is 0.280. The Hall–Kier alpha value is 0.104. The molecule has 0 aliphatic heterocycles. The summed E-state index contributed by atoms with van der Waals surface area (Å²) in [6.07, 6.45) is -4.54. The summed E-state index contributed by atoms with van der Waals surface area (Å²) in [5, 5.41) is 8.27. The first-order valence-electron chi connectivity index (χ1n) is 2.34. The van der Waals surface area contributed by atoms with Crippen LogP contribution in [0.2, 0.25) is 0 Å². The molecule has 0 aromatic carbocycles. The SMILES string of the molecule is C/C(O)=C/C(=[OH+])C(F)(F)F.[CH3-].[CH3-].[Y]. The molecule has 0 saturated heterocycles. The molecule has 1 radical (unpaired) electrons. The number of halogens is 3. The molecule has 2 N–H and O–H groups in total. The summed E-state index contributed by atoms with van der Waals surface area (Å²) in [6, 6.07) is 0. The summed E-state index contributed by atoms with van der Waals surface area (Å²) in [6.45, 7) is 1.03. The maximum atomic E-state index is 11.4. The molecule has 0 rings (SSSR count). The van der Waals surface area contributed by atoms with Crippen molar-refractivity contribution in [3.63, 3.8) is 0 Å². The van der Waals surface area contributed by atoms with Crippen molar-refractivity contribution < 1.29 is 55.8 Å². The van der Waals surface area contributed by atoms with Gasteiger partial charge >= 0.3 is 12.0 Å². The average molecular weight is 274 g/mol. The van der Waals surface area contributed by atoms with Crippen LogP contribution < -0.4 is 0 Å². The molecule has 0 fully saturated rings. The van der Waals surface area contributed by atoms with Crippen molar-refractivity contribution in [3.8, 4) is 0 Å². The fourth-order valence-electron chi connectivity index (χ4n) is 0.280. The molecule has 6 heteroatoms. The number of aliphatic hydroxyl groups is 1. The van der Waals surface area contributed by atoms with E-state index in [-0.39, 0.29) is 53.6 Å². The molecule has 0 aliphatic carbocycles. The minimum Gasteiger partial charge on any atom is -0.512 e. The Morgan fingerprint density at radius 2 is 1.62 bits per heavy atom. The molecule has 0 atom stereocenters. The first-order chi connectivity index (χ1) is 4.34. The fraction of sp³-hybridized carbons (Fsp3) is 0.286. The number of allylic oxidation sites excluding steroid dienone is 2. The van der Waals surface area contributed by atoms with Crippen molar-refractivity contribution >= 4 is 5.78 Å². The molecule has 0 aromatic rings. The van der Waals surface area contributed by atoms with Gasteiger partial charge in [-0.15, -0.1) is 0 Å². The van der Waals surface area contributed by atoms with Gasteiger partial charge in [0.1, 0.15) is 0 Å². The van der Waals surface area contributed by atoms with E-state index < -0.39 is 17.7 Å². The van der Waals surface area contributed by atoms with Gasteiger partial charge in [-0.1, -0.05) is 0 Å². The number of hydrogen-bond acceptors (Lipinski definition) is 1. The Morgan fingerprint density at radius 3 is 1.69 bits per heavy atom. The molecule has 13 heavy (non-hydrogen) atoms. The quantitative estimate of drug-likeness (QED) is 0.339. The van der Waals surface area contributed by atoms with Crippen LogP contribution in [-0.4, -0.2) is 21.9 Å². The van der Waals surface area contributed by atoms with Gasteiger partial charge in [-0.25, -0.2) is 0 Å². The van der Waals surface area contributed by atoms with Crippen molar-refractivity contribution in [2.75, 3.05) is 0 Å². The third-order valence-electron chi connectivity index (χ3n) is 0.636. The van der Waals surface area contributed by atoms with Crippen molar-refractivity contribution in [1.29, 1.82) is 0 Å². The maximum absolute atomic E-state index is 11.4. The van der Waals surface area contributed by atoms with Gasteiger partial charge in [-0.05, 0) is 6.92 Å². The first-order valence-corrected chi connectivity index (χ1v) is 2.34. The van der Waals surface area contributed by atoms with E-state index in [1.165, 1.54) is 0 Å². The van der Waals surface area contributed by atoms with Crippen LogP contribution in [0.5, 0.6) is 0 Å². The van der Waals surface area contributed by atoms with Crippen molar-refractivity contribution in [3.05, 3.63) is 26.7 Å². The predicted octanol–water partition coefficient (Wildman–Crippen LogP) is 2.45. The Morgan fingerprint density at radius 1 is 1.31 bits per heavy atom. The number of hydrogen-bond donors (Lipinski definition) is 1. The Bertz CT molecular complexity index is 171. The summed E-state index contributed by atoms with van der Waals surface area (Å²) in [7, 11) is 0. The molecular weight excluding hydrogens is 262 g/mol. The van der Waals surface area contributed by atoms with E-state index in [1.54, 1.807) is 0 Å². The molecule has 0 aromatic heterocycles. The van der Waals surface area contributed by atoms with Gasteiger partial charge in [0.25, 0.3) is 0 Å². The monoisotopic (exact) mass is 274 g/mol. The predicted molar refractivity (Wildman–Crippen MR) is 42.2 cm³/mol. The molecule has 2 nitrogen and oxygen atoms in total. The summed E-state index contributed by atoms with van der Waals surface area (Å²) >= 11 is 0. The van der Waals surface area contributed by atoms with Crippen molar-refractivity contribution in [2.24, 2.45) is 0 Å². The van der Waals surface area contributed by atoms with Gasteiger partial charge in [0.2, 0.25) is 0 Å². The number of alkyl halides is 3. The number of rotatable bonds is 1. The number of ketones is 1. The zero-order chi connectivity index (χ0) is 8.36. The van der Waals surface area contributed by atoms with E-state index in [2.05, 4.69) is 0 Å². The van der Waals surface area contributed by atoms with E-state index >= 15 is 0 Å². The molecule has 0 heterocycles.